The topological polar surface area (TPSA) is 103 Å². The van der Waals surface area contributed by atoms with Crippen LogP contribution in [0.2, 0.25) is 0 Å². The van der Waals surface area contributed by atoms with Gasteiger partial charge in [-0.1, -0.05) is 0 Å². The zero-order valence-corrected chi connectivity index (χ0v) is 12.0. The van der Waals surface area contributed by atoms with Crippen LogP contribution < -0.4 is 5.32 Å². The number of hydrogen-bond acceptors (Lipinski definition) is 5. The predicted molar refractivity (Wildman–Crippen MR) is 73.0 cm³/mol. The number of hydrogen-bond donors (Lipinski definition) is 1. The molecule has 20 heavy (non-hydrogen) atoms. The Hall–Kier alpha value is -2.29. The van der Waals surface area contributed by atoms with E-state index in [-0.39, 0.29) is 17.8 Å². The Labute approximate surface area is 122 Å². The Kier molecular flexibility index (Phi) is 4.08. The van der Waals surface area contributed by atoms with Gasteiger partial charge >= 0.3 is 0 Å². The van der Waals surface area contributed by atoms with Gasteiger partial charge in [-0.05, 0) is 28.1 Å². The number of halogens is 1. The predicted octanol–water partition coefficient (Wildman–Crippen LogP) is 1.42. The van der Waals surface area contributed by atoms with Crippen LogP contribution in [0.15, 0.2) is 29.0 Å². The van der Waals surface area contributed by atoms with Crippen molar-refractivity contribution in [2.75, 3.05) is 0 Å². The van der Waals surface area contributed by atoms with Crippen LogP contribution in [-0.2, 0) is 13.6 Å². The van der Waals surface area contributed by atoms with E-state index in [0.29, 0.717) is 10.3 Å². The molecule has 1 aromatic carbocycles. The van der Waals surface area contributed by atoms with Crippen molar-refractivity contribution in [3.8, 4) is 0 Å². The van der Waals surface area contributed by atoms with Crippen molar-refractivity contribution in [3.05, 3.63) is 50.5 Å². The number of aromatic nitrogens is 3. The Morgan fingerprint density at radius 2 is 2.30 bits per heavy atom. The molecule has 0 saturated heterocycles. The van der Waals surface area contributed by atoms with Crippen molar-refractivity contribution in [1.29, 1.82) is 0 Å². The van der Waals surface area contributed by atoms with E-state index < -0.39 is 10.8 Å². The van der Waals surface area contributed by atoms with E-state index >= 15 is 0 Å². The molecule has 1 amide bonds. The number of rotatable bonds is 4. The van der Waals surface area contributed by atoms with Gasteiger partial charge in [0.15, 0.2) is 5.82 Å². The molecule has 1 heterocycles. The van der Waals surface area contributed by atoms with Gasteiger partial charge in [0.05, 0.1) is 15.9 Å². The molecule has 1 aromatic heterocycles. The SMILES string of the molecule is Cn1cnnc1CNC(=O)c1ccc(Br)c([N+](=O)[O-])c1. The smallest absolute Gasteiger partial charge is 0.284 e. The number of nitrogens with one attached hydrogen (secondary N) is 1. The van der Waals surface area contributed by atoms with Crippen molar-refractivity contribution >= 4 is 27.5 Å². The summed E-state index contributed by atoms with van der Waals surface area (Å²) < 4.78 is 2.00. The summed E-state index contributed by atoms with van der Waals surface area (Å²) in [5, 5.41) is 20.9. The molecule has 0 spiro atoms. The lowest BCUT2D eigenvalue weighted by atomic mass is 10.2. The van der Waals surface area contributed by atoms with Gasteiger partial charge in [0, 0.05) is 18.7 Å². The van der Waals surface area contributed by atoms with Crippen LogP contribution in [0.25, 0.3) is 0 Å². The highest BCUT2D eigenvalue weighted by Crippen LogP contribution is 2.25. The van der Waals surface area contributed by atoms with Crippen molar-refractivity contribution < 1.29 is 9.72 Å². The van der Waals surface area contributed by atoms with Crippen LogP contribution in [0.1, 0.15) is 16.2 Å². The van der Waals surface area contributed by atoms with Gasteiger partial charge in [-0.2, -0.15) is 0 Å². The third-order valence-corrected chi connectivity index (χ3v) is 3.29. The second-order valence-electron chi connectivity index (χ2n) is 3.96. The number of amides is 1. The molecule has 0 atom stereocenters. The minimum absolute atomic E-state index is 0.156. The summed E-state index contributed by atoms with van der Waals surface area (Å²) in [5.41, 5.74) is 0.0541. The van der Waals surface area contributed by atoms with Gasteiger partial charge in [-0.15, -0.1) is 10.2 Å². The Morgan fingerprint density at radius 1 is 1.55 bits per heavy atom. The maximum atomic E-state index is 11.9. The average molecular weight is 340 g/mol. The maximum absolute atomic E-state index is 11.9. The highest BCUT2D eigenvalue weighted by molar-refractivity contribution is 9.10. The summed E-state index contributed by atoms with van der Waals surface area (Å²) in [4.78, 5) is 22.2. The quantitative estimate of drug-likeness (QED) is 0.670. The first-order chi connectivity index (χ1) is 9.49. The van der Waals surface area contributed by atoms with Gasteiger partial charge in [0.25, 0.3) is 11.6 Å². The fourth-order valence-corrected chi connectivity index (χ4v) is 1.91. The van der Waals surface area contributed by atoms with E-state index in [1.54, 1.807) is 11.6 Å². The molecule has 0 bridgehead atoms. The number of nitro benzene ring substituents is 1. The minimum atomic E-state index is -0.552. The van der Waals surface area contributed by atoms with E-state index in [1.165, 1.54) is 24.5 Å². The van der Waals surface area contributed by atoms with Crippen LogP contribution in [0.5, 0.6) is 0 Å². The van der Waals surface area contributed by atoms with E-state index in [4.69, 9.17) is 0 Å². The molecule has 2 rings (SSSR count). The standard InChI is InChI=1S/C11H10BrN5O3/c1-16-6-14-15-10(16)5-13-11(18)7-2-3-8(12)9(4-7)17(19)20/h2-4,6H,5H2,1H3,(H,13,18). The van der Waals surface area contributed by atoms with Crippen LogP contribution in [0.3, 0.4) is 0 Å². The average Bonchev–Trinajstić information content (AvgIpc) is 2.81. The number of nitrogens with zero attached hydrogens (tertiary/aromatic N) is 4. The van der Waals surface area contributed by atoms with Crippen molar-refractivity contribution in [2.24, 2.45) is 7.05 Å². The second kappa shape index (κ2) is 5.78. The summed E-state index contributed by atoms with van der Waals surface area (Å²) in [7, 11) is 1.76. The molecule has 0 unspecified atom stereocenters. The second-order valence-corrected chi connectivity index (χ2v) is 4.82. The summed E-state index contributed by atoms with van der Waals surface area (Å²) in [5.74, 6) is 0.175. The Balaban J connectivity index is 2.12. The molecule has 0 fully saturated rings. The lowest BCUT2D eigenvalue weighted by molar-refractivity contribution is -0.385. The number of carbonyl (C=O) groups is 1. The van der Waals surface area contributed by atoms with Gasteiger partial charge in [-0.3, -0.25) is 14.9 Å². The van der Waals surface area contributed by atoms with Gasteiger partial charge in [0.2, 0.25) is 0 Å². The molecule has 1 N–H and O–H groups in total. The molecule has 104 valence electrons. The molecule has 0 aliphatic heterocycles. The Morgan fingerprint density at radius 3 is 2.90 bits per heavy atom. The number of nitro groups is 1. The van der Waals surface area contributed by atoms with Gasteiger partial charge in [-0.25, -0.2) is 0 Å². The molecular weight excluding hydrogens is 330 g/mol. The highest BCUT2D eigenvalue weighted by Gasteiger charge is 2.16. The van der Waals surface area contributed by atoms with Crippen LogP contribution in [0.4, 0.5) is 5.69 Å². The first kappa shape index (κ1) is 14.1. The molecule has 8 nitrogen and oxygen atoms in total. The number of aryl methyl sites for hydroxylation is 1. The summed E-state index contributed by atoms with van der Waals surface area (Å²) in [6, 6.07) is 4.19. The minimum Gasteiger partial charge on any atom is -0.345 e. The fourth-order valence-electron chi connectivity index (χ4n) is 1.52. The number of carbonyl (C=O) groups excluding carboxylic acids is 1. The van der Waals surface area contributed by atoms with Crippen LogP contribution in [0, 0.1) is 10.1 Å². The Bertz CT molecular complexity index is 670. The first-order valence-electron chi connectivity index (χ1n) is 5.54. The zero-order valence-electron chi connectivity index (χ0n) is 10.4. The van der Waals surface area contributed by atoms with Gasteiger partial charge < -0.3 is 9.88 Å². The molecular formula is C11H10BrN5O3. The maximum Gasteiger partial charge on any atom is 0.284 e. The van der Waals surface area contributed by atoms with Crippen LogP contribution in [-0.4, -0.2) is 25.6 Å². The third kappa shape index (κ3) is 2.99. The normalized spacial score (nSPS) is 10.3. The molecule has 0 aliphatic rings. The first-order valence-corrected chi connectivity index (χ1v) is 6.33. The molecule has 0 saturated carbocycles. The van der Waals surface area contributed by atoms with Crippen molar-refractivity contribution in [2.45, 2.75) is 6.54 Å². The number of benzene rings is 1. The van der Waals surface area contributed by atoms with E-state index in [1.807, 2.05) is 0 Å². The fraction of sp³-hybridized carbons (Fsp3) is 0.182. The zero-order chi connectivity index (χ0) is 14.7. The lowest BCUT2D eigenvalue weighted by Gasteiger charge is -2.05. The molecule has 0 aliphatic carbocycles. The highest BCUT2D eigenvalue weighted by atomic mass is 79.9. The van der Waals surface area contributed by atoms with E-state index in [2.05, 4.69) is 31.4 Å². The van der Waals surface area contributed by atoms with Gasteiger partial charge in [0.1, 0.15) is 6.33 Å². The summed E-state index contributed by atoms with van der Waals surface area (Å²) >= 11 is 3.07. The molecule has 2 aromatic rings. The monoisotopic (exact) mass is 339 g/mol. The van der Waals surface area contributed by atoms with Crippen molar-refractivity contribution in [3.63, 3.8) is 0 Å². The largest absolute Gasteiger partial charge is 0.345 e. The van der Waals surface area contributed by atoms with Crippen LogP contribution >= 0.6 is 15.9 Å². The molecule has 9 heteroatoms. The van der Waals surface area contributed by atoms with E-state index in [9.17, 15) is 14.9 Å². The lowest BCUT2D eigenvalue weighted by Crippen LogP contribution is -2.24. The van der Waals surface area contributed by atoms with Crippen molar-refractivity contribution in [1.82, 2.24) is 20.1 Å². The molecule has 0 radical (unpaired) electrons. The van der Waals surface area contributed by atoms with E-state index in [0.717, 1.165) is 0 Å². The summed E-state index contributed by atoms with van der Waals surface area (Å²) in [6.07, 6.45) is 1.52. The third-order valence-electron chi connectivity index (χ3n) is 2.62. The summed E-state index contributed by atoms with van der Waals surface area (Å²) in [6.45, 7) is 0.194.